The van der Waals surface area contributed by atoms with E-state index in [9.17, 15) is 9.59 Å². The summed E-state index contributed by atoms with van der Waals surface area (Å²) in [5.41, 5.74) is 8.81. The zero-order valence-electron chi connectivity index (χ0n) is 21.0. The Morgan fingerprint density at radius 3 is 2.17 bits per heavy atom. The van der Waals surface area contributed by atoms with E-state index in [2.05, 4.69) is 43.4 Å². The van der Waals surface area contributed by atoms with Crippen molar-refractivity contribution in [3.63, 3.8) is 0 Å². The molecule has 5 nitrogen and oxygen atoms in total. The Morgan fingerprint density at radius 2 is 1.50 bits per heavy atom. The monoisotopic (exact) mass is 475 g/mol. The number of nitrogens with one attached hydrogen (secondary N) is 1. The van der Waals surface area contributed by atoms with Gasteiger partial charge in [-0.1, -0.05) is 81.4 Å². The maximum atomic E-state index is 13.0. The van der Waals surface area contributed by atoms with Crippen LogP contribution in [0.3, 0.4) is 0 Å². The van der Waals surface area contributed by atoms with Crippen molar-refractivity contribution in [1.29, 1.82) is 0 Å². The molecule has 5 rings (SSSR count). The van der Waals surface area contributed by atoms with Crippen LogP contribution in [0.25, 0.3) is 10.8 Å². The molecule has 0 radical (unpaired) electrons. The van der Waals surface area contributed by atoms with Crippen LogP contribution >= 0.6 is 0 Å². The van der Waals surface area contributed by atoms with Crippen molar-refractivity contribution in [2.24, 2.45) is 5.10 Å². The number of rotatable bonds is 5. The van der Waals surface area contributed by atoms with Gasteiger partial charge in [-0.2, -0.15) is 5.10 Å². The van der Waals surface area contributed by atoms with E-state index >= 15 is 0 Å². The highest BCUT2D eigenvalue weighted by molar-refractivity contribution is 6.24. The number of benzene rings is 4. The molecule has 180 valence electrons. The molecule has 1 N–H and O–H groups in total. The number of amides is 2. The molecular formula is C31H29N3O2. The molecule has 0 aromatic heterocycles. The van der Waals surface area contributed by atoms with Gasteiger partial charge < -0.3 is 4.90 Å². The molecule has 2 amide bonds. The van der Waals surface area contributed by atoms with Gasteiger partial charge in [0.15, 0.2) is 0 Å². The molecule has 0 bridgehead atoms. The predicted octanol–water partition coefficient (Wildman–Crippen LogP) is 6.45. The van der Waals surface area contributed by atoms with Gasteiger partial charge in [0.2, 0.25) is 0 Å². The summed E-state index contributed by atoms with van der Waals surface area (Å²) >= 11 is 0. The fraction of sp³-hybridized carbons (Fsp3) is 0.194. The van der Waals surface area contributed by atoms with Crippen LogP contribution in [0, 0.1) is 0 Å². The van der Waals surface area contributed by atoms with Gasteiger partial charge in [0.05, 0.1) is 17.9 Å². The van der Waals surface area contributed by atoms with E-state index in [4.69, 9.17) is 0 Å². The molecule has 5 heteroatoms. The fourth-order valence-corrected chi connectivity index (χ4v) is 4.56. The van der Waals surface area contributed by atoms with Crippen molar-refractivity contribution >= 4 is 34.0 Å². The molecular weight excluding hydrogens is 446 g/mol. The normalized spacial score (nSPS) is 13.4. The molecule has 0 saturated carbocycles. The Kier molecular flexibility index (Phi) is 5.92. The average molecular weight is 476 g/mol. The fourth-order valence-electron chi connectivity index (χ4n) is 4.56. The van der Waals surface area contributed by atoms with E-state index in [0.717, 1.165) is 38.9 Å². The second-order valence-corrected chi connectivity index (χ2v) is 10.2. The first kappa shape index (κ1) is 23.5. The summed E-state index contributed by atoms with van der Waals surface area (Å²) in [6.07, 6.45) is 0. The molecule has 0 saturated heterocycles. The first-order chi connectivity index (χ1) is 17.2. The zero-order chi connectivity index (χ0) is 25.4. The number of hydrogen-bond donors (Lipinski definition) is 1. The van der Waals surface area contributed by atoms with Gasteiger partial charge in [0.25, 0.3) is 11.8 Å². The summed E-state index contributed by atoms with van der Waals surface area (Å²) < 4.78 is 0. The Morgan fingerprint density at radius 1 is 0.861 bits per heavy atom. The van der Waals surface area contributed by atoms with Crippen molar-refractivity contribution in [2.75, 3.05) is 4.90 Å². The zero-order valence-corrected chi connectivity index (χ0v) is 21.0. The molecule has 0 atom stereocenters. The second-order valence-electron chi connectivity index (χ2n) is 10.2. The summed E-state index contributed by atoms with van der Waals surface area (Å²) in [5, 5.41) is 6.35. The van der Waals surface area contributed by atoms with Crippen LogP contribution in [0.5, 0.6) is 0 Å². The highest BCUT2D eigenvalue weighted by Crippen LogP contribution is 2.38. The standard InChI is InChI=1S/C31H29N3O2/c1-20(22-15-17-25(18-16-22)31(2,3)4)32-33-29(35)24-13-11-21(12-14-24)19-34-27-10-6-8-23-7-5-9-26(28(23)27)30(34)36/h5-18H,19H2,1-4H3,(H,33,35). The molecule has 0 aliphatic carbocycles. The minimum absolute atomic E-state index is 0.00367. The number of carbonyl (C=O) groups excluding carboxylic acids is 2. The molecule has 36 heavy (non-hydrogen) atoms. The van der Waals surface area contributed by atoms with Crippen LogP contribution in [0.2, 0.25) is 0 Å². The lowest BCUT2D eigenvalue weighted by Crippen LogP contribution is -2.26. The van der Waals surface area contributed by atoms with Gasteiger partial charge in [0, 0.05) is 16.5 Å². The largest absolute Gasteiger partial charge is 0.303 e. The van der Waals surface area contributed by atoms with Crippen molar-refractivity contribution < 1.29 is 9.59 Å². The van der Waals surface area contributed by atoms with Crippen molar-refractivity contribution in [3.8, 4) is 0 Å². The second kappa shape index (κ2) is 9.08. The highest BCUT2D eigenvalue weighted by Gasteiger charge is 2.29. The minimum atomic E-state index is -0.276. The number of anilines is 1. The highest BCUT2D eigenvalue weighted by atomic mass is 16.2. The van der Waals surface area contributed by atoms with E-state index in [-0.39, 0.29) is 17.2 Å². The number of carbonyl (C=O) groups is 2. The predicted molar refractivity (Wildman–Crippen MR) is 146 cm³/mol. The molecule has 0 fully saturated rings. The topological polar surface area (TPSA) is 61.8 Å². The van der Waals surface area contributed by atoms with Gasteiger partial charge in [-0.05, 0) is 58.7 Å². The molecule has 1 heterocycles. The Balaban J connectivity index is 1.26. The number of hydrazone groups is 1. The third-order valence-electron chi connectivity index (χ3n) is 6.70. The molecule has 0 spiro atoms. The smallest absolute Gasteiger partial charge is 0.271 e. The van der Waals surface area contributed by atoms with Gasteiger partial charge in [-0.3, -0.25) is 9.59 Å². The SMILES string of the molecule is CC(=NNC(=O)c1ccc(CN2C(=O)c3cccc4cccc2c34)cc1)c1ccc(C(C)(C)C)cc1. The van der Waals surface area contributed by atoms with Crippen molar-refractivity contribution in [1.82, 2.24) is 5.43 Å². The van der Waals surface area contributed by atoms with Gasteiger partial charge >= 0.3 is 0 Å². The third kappa shape index (κ3) is 4.40. The molecule has 4 aromatic carbocycles. The summed E-state index contributed by atoms with van der Waals surface area (Å²) in [4.78, 5) is 27.5. The first-order valence-corrected chi connectivity index (χ1v) is 12.1. The van der Waals surface area contributed by atoms with E-state index in [1.165, 1.54) is 5.56 Å². The molecule has 0 unspecified atom stereocenters. The summed E-state index contributed by atoms with van der Waals surface area (Å²) in [6, 6.07) is 27.3. The van der Waals surface area contributed by atoms with E-state index in [1.54, 1.807) is 17.0 Å². The van der Waals surface area contributed by atoms with Crippen LogP contribution in [-0.4, -0.2) is 17.5 Å². The quantitative estimate of drug-likeness (QED) is 0.266. The maximum absolute atomic E-state index is 13.0. The summed E-state index contributed by atoms with van der Waals surface area (Å²) in [5.74, 6) is -0.273. The molecule has 1 aliphatic rings. The third-order valence-corrected chi connectivity index (χ3v) is 6.70. The van der Waals surface area contributed by atoms with Gasteiger partial charge in [-0.25, -0.2) is 5.43 Å². The van der Waals surface area contributed by atoms with Crippen molar-refractivity contribution in [3.05, 3.63) is 113 Å². The van der Waals surface area contributed by atoms with Crippen LogP contribution in [0.15, 0.2) is 90.0 Å². The van der Waals surface area contributed by atoms with Gasteiger partial charge in [-0.15, -0.1) is 0 Å². The Bertz CT molecular complexity index is 1490. The van der Waals surface area contributed by atoms with E-state index < -0.39 is 0 Å². The number of nitrogens with zero attached hydrogens (tertiary/aromatic N) is 2. The van der Waals surface area contributed by atoms with E-state index in [0.29, 0.717) is 12.1 Å². The Labute approximate surface area is 211 Å². The van der Waals surface area contributed by atoms with Crippen molar-refractivity contribution in [2.45, 2.75) is 39.7 Å². The van der Waals surface area contributed by atoms with Crippen LogP contribution in [-0.2, 0) is 12.0 Å². The Hall–Kier alpha value is -4.25. The van der Waals surface area contributed by atoms with Crippen LogP contribution < -0.4 is 10.3 Å². The van der Waals surface area contributed by atoms with E-state index in [1.807, 2.05) is 67.6 Å². The lowest BCUT2D eigenvalue weighted by atomic mass is 9.86. The summed E-state index contributed by atoms with van der Waals surface area (Å²) in [7, 11) is 0. The molecule has 1 aliphatic heterocycles. The van der Waals surface area contributed by atoms with Crippen LogP contribution in [0.1, 0.15) is 65.1 Å². The van der Waals surface area contributed by atoms with Crippen LogP contribution in [0.4, 0.5) is 5.69 Å². The number of hydrogen-bond acceptors (Lipinski definition) is 3. The molecule has 4 aromatic rings. The van der Waals surface area contributed by atoms with Gasteiger partial charge in [0.1, 0.15) is 0 Å². The first-order valence-electron chi connectivity index (χ1n) is 12.1. The minimum Gasteiger partial charge on any atom is -0.303 e. The maximum Gasteiger partial charge on any atom is 0.271 e. The summed E-state index contributed by atoms with van der Waals surface area (Å²) in [6.45, 7) is 8.85. The lowest BCUT2D eigenvalue weighted by molar-refractivity contribution is 0.0953. The average Bonchev–Trinajstić information content (AvgIpc) is 3.15. The lowest BCUT2D eigenvalue weighted by Gasteiger charge is -2.19.